The van der Waals surface area contributed by atoms with Crippen molar-refractivity contribution in [1.82, 2.24) is 5.32 Å². The maximum atomic E-state index is 12.4. The van der Waals surface area contributed by atoms with E-state index in [1.54, 1.807) is 24.3 Å². The minimum absolute atomic E-state index is 0.0435. The first kappa shape index (κ1) is 18.4. The van der Waals surface area contributed by atoms with Crippen molar-refractivity contribution in [3.8, 4) is 0 Å². The molecule has 26 heavy (non-hydrogen) atoms. The normalized spacial score (nSPS) is 24.5. The average molecular weight is 380 g/mol. The molecule has 2 amide bonds. The molecule has 3 rings (SSSR count). The highest BCUT2D eigenvalue weighted by molar-refractivity contribution is 7.91. The third kappa shape index (κ3) is 3.87. The van der Waals surface area contributed by atoms with E-state index in [-0.39, 0.29) is 42.3 Å². The first-order valence-electron chi connectivity index (χ1n) is 8.28. The monoisotopic (exact) mass is 380 g/mol. The topological polar surface area (TPSA) is 110 Å². The summed E-state index contributed by atoms with van der Waals surface area (Å²) in [6.45, 7) is 0.224. The van der Waals surface area contributed by atoms with Gasteiger partial charge >= 0.3 is 5.97 Å². The second-order valence-electron chi connectivity index (χ2n) is 6.55. The average Bonchev–Trinajstić information content (AvgIpc) is 3.16. The molecule has 2 heterocycles. The van der Waals surface area contributed by atoms with Crippen LogP contribution in [0.4, 0.5) is 5.69 Å². The van der Waals surface area contributed by atoms with Crippen LogP contribution in [0.3, 0.4) is 0 Å². The minimum atomic E-state index is -3.07. The van der Waals surface area contributed by atoms with E-state index < -0.39 is 21.7 Å². The minimum Gasteiger partial charge on any atom is -0.465 e. The van der Waals surface area contributed by atoms with Crippen molar-refractivity contribution < 1.29 is 27.5 Å². The number of nitrogens with one attached hydrogen (secondary N) is 1. The van der Waals surface area contributed by atoms with Crippen LogP contribution in [0.25, 0.3) is 0 Å². The van der Waals surface area contributed by atoms with Gasteiger partial charge in [-0.15, -0.1) is 0 Å². The van der Waals surface area contributed by atoms with E-state index in [0.29, 0.717) is 17.7 Å². The fourth-order valence-corrected chi connectivity index (χ4v) is 4.93. The molecule has 0 bridgehead atoms. The number of rotatable bonds is 4. The number of hydrogen-bond acceptors (Lipinski definition) is 6. The number of carbonyl (C=O) groups is 3. The molecule has 1 N–H and O–H groups in total. The molecule has 2 aliphatic heterocycles. The Labute approximate surface area is 151 Å². The fourth-order valence-electron chi connectivity index (χ4n) is 3.26. The molecule has 1 aromatic rings. The molecule has 0 aromatic heterocycles. The van der Waals surface area contributed by atoms with Crippen LogP contribution in [0.5, 0.6) is 0 Å². The van der Waals surface area contributed by atoms with Crippen LogP contribution in [-0.4, -0.2) is 57.4 Å². The zero-order valence-electron chi connectivity index (χ0n) is 14.3. The molecule has 1 aromatic carbocycles. The number of benzene rings is 1. The Kier molecular flexibility index (Phi) is 4.99. The van der Waals surface area contributed by atoms with E-state index in [9.17, 15) is 22.8 Å². The lowest BCUT2D eigenvalue weighted by molar-refractivity contribution is -0.126. The van der Waals surface area contributed by atoms with E-state index in [0.717, 1.165) is 0 Å². The lowest BCUT2D eigenvalue weighted by Gasteiger charge is -2.18. The molecule has 2 aliphatic rings. The van der Waals surface area contributed by atoms with E-state index in [2.05, 4.69) is 10.1 Å². The molecule has 0 aliphatic carbocycles. The third-order valence-electron chi connectivity index (χ3n) is 4.67. The van der Waals surface area contributed by atoms with Crippen LogP contribution in [0.15, 0.2) is 24.3 Å². The zero-order valence-corrected chi connectivity index (χ0v) is 15.1. The number of nitrogens with zero attached hydrogens (tertiary/aromatic N) is 1. The van der Waals surface area contributed by atoms with Crippen molar-refractivity contribution in [2.45, 2.75) is 18.9 Å². The summed E-state index contributed by atoms with van der Waals surface area (Å²) < 4.78 is 27.6. The SMILES string of the molecule is COC(=O)c1ccc(N2CC(C(=O)NC3CCS(=O)(=O)C3)CC2=O)cc1. The quantitative estimate of drug-likeness (QED) is 0.744. The van der Waals surface area contributed by atoms with Gasteiger partial charge in [-0.2, -0.15) is 0 Å². The molecule has 0 saturated carbocycles. The molecule has 9 heteroatoms. The van der Waals surface area contributed by atoms with Crippen molar-refractivity contribution in [2.75, 3.05) is 30.1 Å². The Bertz CT molecular complexity index is 833. The predicted molar refractivity (Wildman–Crippen MR) is 93.4 cm³/mol. The Morgan fingerprint density at radius 1 is 1.23 bits per heavy atom. The lowest BCUT2D eigenvalue weighted by Crippen LogP contribution is -2.40. The van der Waals surface area contributed by atoms with E-state index in [1.165, 1.54) is 12.0 Å². The molecular weight excluding hydrogens is 360 g/mol. The standard InChI is InChI=1S/C17H20N2O6S/c1-25-17(22)11-2-4-14(5-3-11)19-9-12(8-15(19)20)16(21)18-13-6-7-26(23,24)10-13/h2-5,12-13H,6-10H2,1H3,(H,18,21). The van der Waals surface area contributed by atoms with Gasteiger partial charge in [0.25, 0.3) is 0 Å². The van der Waals surface area contributed by atoms with Gasteiger partial charge in [-0.3, -0.25) is 9.59 Å². The highest BCUT2D eigenvalue weighted by atomic mass is 32.2. The summed E-state index contributed by atoms with van der Waals surface area (Å²) in [6.07, 6.45) is 0.484. The smallest absolute Gasteiger partial charge is 0.337 e. The fraction of sp³-hybridized carbons (Fsp3) is 0.471. The highest BCUT2D eigenvalue weighted by Crippen LogP contribution is 2.26. The van der Waals surface area contributed by atoms with Gasteiger partial charge in [-0.25, -0.2) is 13.2 Å². The molecule has 2 unspecified atom stereocenters. The summed E-state index contributed by atoms with van der Waals surface area (Å²) in [6, 6.07) is 6.01. The number of methoxy groups -OCH3 is 1. The van der Waals surface area contributed by atoms with Crippen LogP contribution >= 0.6 is 0 Å². The number of amides is 2. The molecular formula is C17H20N2O6S. The van der Waals surface area contributed by atoms with Gasteiger partial charge in [0.15, 0.2) is 9.84 Å². The lowest BCUT2D eigenvalue weighted by atomic mass is 10.1. The number of anilines is 1. The highest BCUT2D eigenvalue weighted by Gasteiger charge is 2.37. The Balaban J connectivity index is 1.63. The molecule has 2 fully saturated rings. The van der Waals surface area contributed by atoms with Crippen molar-refractivity contribution in [3.63, 3.8) is 0 Å². The largest absolute Gasteiger partial charge is 0.465 e. The summed E-state index contributed by atoms with van der Waals surface area (Å²) in [7, 11) is -1.78. The van der Waals surface area contributed by atoms with Crippen molar-refractivity contribution >= 4 is 33.3 Å². The second kappa shape index (κ2) is 7.06. The second-order valence-corrected chi connectivity index (χ2v) is 8.78. The van der Waals surface area contributed by atoms with E-state index in [1.807, 2.05) is 0 Å². The van der Waals surface area contributed by atoms with Gasteiger partial charge in [0.2, 0.25) is 11.8 Å². The van der Waals surface area contributed by atoms with Crippen LogP contribution in [0, 0.1) is 5.92 Å². The molecule has 0 radical (unpaired) electrons. The molecule has 8 nitrogen and oxygen atoms in total. The maximum Gasteiger partial charge on any atom is 0.337 e. The number of ether oxygens (including phenoxy) is 1. The first-order chi connectivity index (χ1) is 12.3. The van der Waals surface area contributed by atoms with Crippen molar-refractivity contribution in [2.24, 2.45) is 5.92 Å². The number of carbonyl (C=O) groups excluding carboxylic acids is 3. The molecule has 140 valence electrons. The predicted octanol–water partition coefficient (Wildman–Crippen LogP) is 0.129. The van der Waals surface area contributed by atoms with Crippen LogP contribution < -0.4 is 10.2 Å². The van der Waals surface area contributed by atoms with Gasteiger partial charge in [-0.05, 0) is 30.7 Å². The van der Waals surface area contributed by atoms with Gasteiger partial charge in [-0.1, -0.05) is 0 Å². The zero-order chi connectivity index (χ0) is 18.9. The number of esters is 1. The van der Waals surface area contributed by atoms with E-state index in [4.69, 9.17) is 0 Å². The van der Waals surface area contributed by atoms with Crippen LogP contribution in [-0.2, 0) is 24.2 Å². The van der Waals surface area contributed by atoms with E-state index >= 15 is 0 Å². The van der Waals surface area contributed by atoms with Crippen LogP contribution in [0.2, 0.25) is 0 Å². The van der Waals surface area contributed by atoms with Gasteiger partial charge in [0, 0.05) is 24.7 Å². The summed E-state index contributed by atoms with van der Waals surface area (Å²) in [5, 5.41) is 2.74. The van der Waals surface area contributed by atoms with Gasteiger partial charge < -0.3 is 15.0 Å². The molecule has 0 spiro atoms. The summed E-state index contributed by atoms with van der Waals surface area (Å²) in [5.41, 5.74) is 0.973. The van der Waals surface area contributed by atoms with Crippen molar-refractivity contribution in [3.05, 3.63) is 29.8 Å². The Morgan fingerprint density at radius 3 is 2.50 bits per heavy atom. The Morgan fingerprint density at radius 2 is 1.92 bits per heavy atom. The molecule has 2 atom stereocenters. The summed E-state index contributed by atoms with van der Waals surface area (Å²) in [5.74, 6) is -1.43. The first-order valence-corrected chi connectivity index (χ1v) is 10.1. The van der Waals surface area contributed by atoms with Gasteiger partial charge in [0.05, 0.1) is 30.1 Å². The number of sulfone groups is 1. The third-order valence-corrected chi connectivity index (χ3v) is 6.44. The van der Waals surface area contributed by atoms with Crippen molar-refractivity contribution in [1.29, 1.82) is 0 Å². The maximum absolute atomic E-state index is 12.4. The summed E-state index contributed by atoms with van der Waals surface area (Å²) >= 11 is 0. The van der Waals surface area contributed by atoms with Gasteiger partial charge in [0.1, 0.15) is 0 Å². The summed E-state index contributed by atoms with van der Waals surface area (Å²) in [4.78, 5) is 37.6. The molecule has 2 saturated heterocycles. The van der Waals surface area contributed by atoms with Crippen LogP contribution in [0.1, 0.15) is 23.2 Å². The Hall–Kier alpha value is -2.42. The number of hydrogen-bond donors (Lipinski definition) is 1.